The largest absolute Gasteiger partial charge is 0.478 e. The number of carboxylic acid groups (broad SMARTS) is 1. The van der Waals surface area contributed by atoms with Gasteiger partial charge in [-0.15, -0.1) is 0 Å². The zero-order valence-electron chi connectivity index (χ0n) is 11.6. The second-order valence-corrected chi connectivity index (χ2v) is 6.54. The predicted molar refractivity (Wildman–Crippen MR) is 76.8 cm³/mol. The Morgan fingerprint density at radius 2 is 2.19 bits per heavy atom. The lowest BCUT2D eigenvalue weighted by molar-refractivity contribution is 0.0696. The van der Waals surface area contributed by atoms with Crippen LogP contribution in [0.25, 0.3) is 0 Å². The first-order valence-electron chi connectivity index (χ1n) is 6.50. The van der Waals surface area contributed by atoms with Gasteiger partial charge in [0.15, 0.2) is 0 Å². The lowest BCUT2D eigenvalue weighted by atomic mass is 10.1. The molecule has 1 atom stereocenters. The van der Waals surface area contributed by atoms with Gasteiger partial charge in [0, 0.05) is 6.54 Å². The van der Waals surface area contributed by atoms with E-state index in [1.54, 1.807) is 6.92 Å². The Bertz CT molecular complexity index is 666. The molecule has 0 amide bonds. The molecule has 1 aromatic carbocycles. The molecule has 1 unspecified atom stereocenters. The molecule has 114 valence electrons. The van der Waals surface area contributed by atoms with E-state index in [2.05, 4.69) is 4.72 Å². The van der Waals surface area contributed by atoms with Crippen LogP contribution in [0.3, 0.4) is 0 Å². The van der Waals surface area contributed by atoms with Crippen LogP contribution in [0.15, 0.2) is 35.2 Å². The minimum Gasteiger partial charge on any atom is -0.478 e. The van der Waals surface area contributed by atoms with Crippen LogP contribution < -0.4 is 4.72 Å². The lowest BCUT2D eigenvalue weighted by Gasteiger charge is -2.19. The van der Waals surface area contributed by atoms with Gasteiger partial charge in [0.05, 0.1) is 23.2 Å². The zero-order chi connectivity index (χ0) is 15.5. The number of carboxylic acids is 1. The molecule has 0 saturated heterocycles. The molecule has 1 heterocycles. The highest BCUT2D eigenvalue weighted by atomic mass is 32.2. The summed E-state index contributed by atoms with van der Waals surface area (Å²) in [4.78, 5) is 10.9. The number of hydrogen-bond donors (Lipinski definition) is 2. The lowest BCUT2D eigenvalue weighted by Crippen LogP contribution is -2.34. The molecule has 0 spiro atoms. The maximum atomic E-state index is 12.2. The Labute approximate surface area is 123 Å². The number of nitrogens with one attached hydrogen (secondary N) is 1. The van der Waals surface area contributed by atoms with Crippen LogP contribution in [-0.4, -0.2) is 38.7 Å². The predicted octanol–water partition coefficient (Wildman–Crippen LogP) is 1.32. The molecule has 0 bridgehead atoms. The Balaban J connectivity index is 2.12. The number of carbonyl (C=O) groups is 1. The van der Waals surface area contributed by atoms with Gasteiger partial charge in [0.2, 0.25) is 10.0 Å². The van der Waals surface area contributed by atoms with E-state index in [-0.39, 0.29) is 23.1 Å². The normalized spacial score (nSPS) is 18.6. The Kier molecular flexibility index (Phi) is 4.76. The van der Waals surface area contributed by atoms with Gasteiger partial charge in [0.25, 0.3) is 0 Å². The zero-order valence-corrected chi connectivity index (χ0v) is 12.4. The maximum absolute atomic E-state index is 12.2. The fraction of sp³-hybridized carbons (Fsp3) is 0.357. The number of ether oxygens (including phenoxy) is 1. The molecular formula is C14H17NO5S. The SMILES string of the molecule is Cc1cc(C(=O)O)ccc1S(=O)(=O)NCC1CC=CCO1. The number of benzene rings is 1. The summed E-state index contributed by atoms with van der Waals surface area (Å²) in [5, 5.41) is 8.89. The summed E-state index contributed by atoms with van der Waals surface area (Å²) in [7, 11) is -3.68. The molecule has 21 heavy (non-hydrogen) atoms. The van der Waals surface area contributed by atoms with Crippen molar-refractivity contribution in [1.82, 2.24) is 4.72 Å². The first-order valence-corrected chi connectivity index (χ1v) is 7.98. The Hall–Kier alpha value is -1.70. The quantitative estimate of drug-likeness (QED) is 0.800. The Morgan fingerprint density at radius 1 is 1.43 bits per heavy atom. The van der Waals surface area contributed by atoms with E-state index < -0.39 is 16.0 Å². The van der Waals surface area contributed by atoms with Gasteiger partial charge in [-0.05, 0) is 37.1 Å². The number of rotatable bonds is 5. The van der Waals surface area contributed by atoms with Gasteiger partial charge in [-0.3, -0.25) is 0 Å². The fourth-order valence-electron chi connectivity index (χ4n) is 2.08. The molecule has 0 saturated carbocycles. The molecule has 1 aromatic rings. The topological polar surface area (TPSA) is 92.7 Å². The molecular weight excluding hydrogens is 294 g/mol. The average Bonchev–Trinajstić information content (AvgIpc) is 2.46. The van der Waals surface area contributed by atoms with E-state index in [0.717, 1.165) is 0 Å². The summed E-state index contributed by atoms with van der Waals surface area (Å²) in [6.07, 6.45) is 4.33. The summed E-state index contributed by atoms with van der Waals surface area (Å²) >= 11 is 0. The van der Waals surface area contributed by atoms with Crippen molar-refractivity contribution in [2.45, 2.75) is 24.3 Å². The molecule has 2 rings (SSSR count). The highest BCUT2D eigenvalue weighted by molar-refractivity contribution is 7.89. The van der Waals surface area contributed by atoms with Gasteiger partial charge < -0.3 is 9.84 Å². The van der Waals surface area contributed by atoms with Crippen LogP contribution in [-0.2, 0) is 14.8 Å². The van der Waals surface area contributed by atoms with E-state index in [1.165, 1.54) is 18.2 Å². The highest BCUT2D eigenvalue weighted by Gasteiger charge is 2.20. The van der Waals surface area contributed by atoms with E-state index in [0.29, 0.717) is 18.6 Å². The van der Waals surface area contributed by atoms with E-state index in [9.17, 15) is 13.2 Å². The minimum atomic E-state index is -3.68. The summed E-state index contributed by atoms with van der Waals surface area (Å²) in [5.41, 5.74) is 0.457. The van der Waals surface area contributed by atoms with E-state index in [4.69, 9.17) is 9.84 Å². The van der Waals surface area contributed by atoms with Crippen LogP contribution in [0.4, 0.5) is 0 Å². The number of aromatic carboxylic acids is 1. The molecule has 2 N–H and O–H groups in total. The molecule has 6 nitrogen and oxygen atoms in total. The molecule has 1 aliphatic heterocycles. The fourth-order valence-corrected chi connectivity index (χ4v) is 3.37. The van der Waals surface area contributed by atoms with Crippen LogP contribution in [0.2, 0.25) is 0 Å². The molecule has 0 aliphatic carbocycles. The first kappa shape index (κ1) is 15.7. The standard InChI is InChI=1S/C14H17NO5S/c1-10-8-11(14(16)17)5-6-13(10)21(18,19)15-9-12-4-2-3-7-20-12/h2-3,5-6,8,12,15H,4,7,9H2,1H3,(H,16,17). The third-order valence-corrected chi connectivity index (χ3v) is 4.79. The van der Waals surface area contributed by atoms with Crippen LogP contribution in [0, 0.1) is 6.92 Å². The average molecular weight is 311 g/mol. The van der Waals surface area contributed by atoms with Gasteiger partial charge in [-0.1, -0.05) is 12.2 Å². The summed E-state index contributed by atoms with van der Waals surface area (Å²) in [6, 6.07) is 3.93. The minimum absolute atomic E-state index is 0.0622. The maximum Gasteiger partial charge on any atom is 0.335 e. The van der Waals surface area contributed by atoms with E-state index in [1.807, 2.05) is 12.2 Å². The van der Waals surface area contributed by atoms with Crippen molar-refractivity contribution in [3.05, 3.63) is 41.5 Å². The van der Waals surface area contributed by atoms with Crippen molar-refractivity contribution in [1.29, 1.82) is 0 Å². The smallest absolute Gasteiger partial charge is 0.335 e. The third-order valence-electron chi connectivity index (χ3n) is 3.21. The molecule has 1 aliphatic rings. The van der Waals surface area contributed by atoms with Crippen molar-refractivity contribution in [2.24, 2.45) is 0 Å². The monoisotopic (exact) mass is 311 g/mol. The molecule has 0 aromatic heterocycles. The summed E-state index contributed by atoms with van der Waals surface area (Å²) < 4.78 is 32.4. The van der Waals surface area contributed by atoms with Gasteiger partial charge in [-0.25, -0.2) is 17.9 Å². The second-order valence-electron chi connectivity index (χ2n) is 4.80. The third kappa shape index (κ3) is 3.90. The first-order chi connectivity index (χ1) is 9.90. The number of sulfonamides is 1. The van der Waals surface area contributed by atoms with Crippen molar-refractivity contribution in [3.8, 4) is 0 Å². The van der Waals surface area contributed by atoms with Crippen LogP contribution >= 0.6 is 0 Å². The molecule has 0 radical (unpaired) electrons. The van der Waals surface area contributed by atoms with Gasteiger partial charge in [0.1, 0.15) is 0 Å². The van der Waals surface area contributed by atoms with Crippen LogP contribution in [0.1, 0.15) is 22.3 Å². The van der Waals surface area contributed by atoms with Crippen molar-refractivity contribution in [2.75, 3.05) is 13.2 Å². The second kappa shape index (κ2) is 6.38. The number of aryl methyl sites for hydroxylation is 1. The van der Waals surface area contributed by atoms with Gasteiger partial charge in [-0.2, -0.15) is 0 Å². The van der Waals surface area contributed by atoms with Crippen molar-refractivity contribution >= 4 is 16.0 Å². The number of hydrogen-bond acceptors (Lipinski definition) is 4. The van der Waals surface area contributed by atoms with Crippen molar-refractivity contribution in [3.63, 3.8) is 0 Å². The molecule has 7 heteroatoms. The van der Waals surface area contributed by atoms with Crippen molar-refractivity contribution < 1.29 is 23.1 Å². The Morgan fingerprint density at radius 3 is 2.76 bits per heavy atom. The molecule has 0 fully saturated rings. The summed E-state index contributed by atoms with van der Waals surface area (Å²) in [6.45, 7) is 2.24. The van der Waals surface area contributed by atoms with Gasteiger partial charge >= 0.3 is 5.97 Å². The highest BCUT2D eigenvalue weighted by Crippen LogP contribution is 2.17. The summed E-state index contributed by atoms with van der Waals surface area (Å²) in [5.74, 6) is -1.09. The van der Waals surface area contributed by atoms with E-state index >= 15 is 0 Å². The van der Waals surface area contributed by atoms with Crippen LogP contribution in [0.5, 0.6) is 0 Å².